The van der Waals surface area contributed by atoms with Crippen molar-refractivity contribution in [3.8, 4) is 0 Å². The molecule has 1 saturated heterocycles. The lowest BCUT2D eigenvalue weighted by molar-refractivity contribution is -0.386. The van der Waals surface area contributed by atoms with Crippen LogP contribution in [0.1, 0.15) is 18.4 Å². The van der Waals surface area contributed by atoms with Crippen LogP contribution in [0.5, 0.6) is 0 Å². The summed E-state index contributed by atoms with van der Waals surface area (Å²) in [6, 6.07) is 1.36. The highest BCUT2D eigenvalue weighted by atomic mass is 19.4. The number of halogens is 6. The molecule has 134 valence electrons. The van der Waals surface area contributed by atoms with E-state index in [1.807, 2.05) is 0 Å². The van der Waals surface area contributed by atoms with Crippen LogP contribution in [0, 0.1) is 10.1 Å². The standard InChI is InChI=1S/C13H12F6N2O3/c14-12(15,16)11(22,13(17,18)19)8-3-4-9(10(7-8)21(23)24)20-5-1-2-6-20/h3-4,7,22H,1-2,5-6H2. The number of aliphatic hydroxyl groups is 1. The van der Waals surface area contributed by atoms with Gasteiger partial charge in [0.15, 0.2) is 0 Å². The summed E-state index contributed by atoms with van der Waals surface area (Å²) in [6.07, 6.45) is -10.8. The maximum Gasteiger partial charge on any atom is 0.430 e. The second kappa shape index (κ2) is 5.80. The molecule has 1 aromatic carbocycles. The lowest BCUT2D eigenvalue weighted by Crippen LogP contribution is -2.53. The van der Waals surface area contributed by atoms with Gasteiger partial charge in [-0.05, 0) is 18.9 Å². The van der Waals surface area contributed by atoms with E-state index in [0.717, 1.165) is 6.07 Å². The highest BCUT2D eigenvalue weighted by molar-refractivity contribution is 5.65. The van der Waals surface area contributed by atoms with E-state index in [0.29, 0.717) is 32.0 Å². The third-order valence-corrected chi connectivity index (χ3v) is 3.86. The van der Waals surface area contributed by atoms with Crippen molar-refractivity contribution < 1.29 is 36.4 Å². The monoisotopic (exact) mass is 358 g/mol. The van der Waals surface area contributed by atoms with Gasteiger partial charge in [-0.25, -0.2) is 0 Å². The van der Waals surface area contributed by atoms with E-state index in [1.54, 1.807) is 0 Å². The van der Waals surface area contributed by atoms with Gasteiger partial charge in [-0.2, -0.15) is 26.3 Å². The van der Waals surface area contributed by atoms with Crippen molar-refractivity contribution >= 4 is 11.4 Å². The summed E-state index contributed by atoms with van der Waals surface area (Å²) in [4.78, 5) is 11.5. The van der Waals surface area contributed by atoms with E-state index in [2.05, 4.69) is 0 Å². The van der Waals surface area contributed by atoms with Crippen molar-refractivity contribution in [3.63, 3.8) is 0 Å². The Bertz CT molecular complexity index is 624. The van der Waals surface area contributed by atoms with Crippen molar-refractivity contribution in [1.29, 1.82) is 0 Å². The van der Waals surface area contributed by atoms with Gasteiger partial charge in [-0.15, -0.1) is 0 Å². The molecule has 1 aliphatic heterocycles. The Morgan fingerprint density at radius 3 is 1.96 bits per heavy atom. The van der Waals surface area contributed by atoms with Gasteiger partial charge in [0.1, 0.15) is 5.69 Å². The molecule has 2 rings (SSSR count). The molecule has 0 bridgehead atoms. The van der Waals surface area contributed by atoms with Crippen molar-refractivity contribution in [1.82, 2.24) is 0 Å². The Morgan fingerprint density at radius 2 is 1.54 bits per heavy atom. The summed E-state index contributed by atoms with van der Waals surface area (Å²) in [6.45, 7) is 0.812. The number of alkyl halides is 6. The van der Waals surface area contributed by atoms with Gasteiger partial charge in [0.2, 0.25) is 0 Å². The number of benzene rings is 1. The van der Waals surface area contributed by atoms with Gasteiger partial charge >= 0.3 is 12.4 Å². The zero-order valence-electron chi connectivity index (χ0n) is 12.0. The smallest absolute Gasteiger partial charge is 0.369 e. The van der Waals surface area contributed by atoms with E-state index < -0.39 is 34.1 Å². The molecule has 0 radical (unpaired) electrons. The van der Waals surface area contributed by atoms with E-state index in [9.17, 15) is 41.6 Å². The minimum atomic E-state index is -6.09. The van der Waals surface area contributed by atoms with Crippen LogP contribution >= 0.6 is 0 Å². The third kappa shape index (κ3) is 2.87. The molecule has 5 nitrogen and oxygen atoms in total. The Morgan fingerprint density at radius 1 is 1.04 bits per heavy atom. The van der Waals surface area contributed by atoms with Crippen molar-refractivity contribution in [2.75, 3.05) is 18.0 Å². The predicted octanol–water partition coefficient (Wildman–Crippen LogP) is 3.51. The number of nitro benzene ring substituents is 1. The average Bonchev–Trinajstić information content (AvgIpc) is 2.97. The van der Waals surface area contributed by atoms with E-state index >= 15 is 0 Å². The molecule has 0 unspecified atom stereocenters. The second-order valence-electron chi connectivity index (χ2n) is 5.36. The van der Waals surface area contributed by atoms with Crippen LogP contribution in [0.4, 0.5) is 37.7 Å². The van der Waals surface area contributed by atoms with Gasteiger partial charge in [-0.3, -0.25) is 10.1 Å². The fourth-order valence-corrected chi connectivity index (χ4v) is 2.61. The SMILES string of the molecule is O=[N+]([O-])c1cc(C(O)(C(F)(F)F)C(F)(F)F)ccc1N1CCCC1. The second-order valence-corrected chi connectivity index (χ2v) is 5.36. The lowest BCUT2D eigenvalue weighted by Gasteiger charge is -2.32. The first-order valence-electron chi connectivity index (χ1n) is 6.79. The van der Waals surface area contributed by atoms with Crippen molar-refractivity contribution in [2.24, 2.45) is 0 Å². The fourth-order valence-electron chi connectivity index (χ4n) is 2.61. The number of hydrogen-bond donors (Lipinski definition) is 1. The molecule has 1 fully saturated rings. The topological polar surface area (TPSA) is 66.6 Å². The number of nitro groups is 1. The molecule has 24 heavy (non-hydrogen) atoms. The van der Waals surface area contributed by atoms with Gasteiger partial charge in [0.05, 0.1) is 4.92 Å². The first-order chi connectivity index (χ1) is 10.9. The molecule has 0 spiro atoms. The molecule has 11 heteroatoms. The zero-order valence-corrected chi connectivity index (χ0v) is 12.0. The summed E-state index contributed by atoms with van der Waals surface area (Å²) >= 11 is 0. The Labute approximate surface area is 131 Å². The van der Waals surface area contributed by atoms with Crippen LogP contribution in [0.2, 0.25) is 0 Å². The molecule has 0 aromatic heterocycles. The minimum Gasteiger partial charge on any atom is -0.369 e. The fraction of sp³-hybridized carbons (Fsp3) is 0.538. The highest BCUT2D eigenvalue weighted by Crippen LogP contribution is 2.51. The largest absolute Gasteiger partial charge is 0.430 e. The maximum absolute atomic E-state index is 12.9. The van der Waals surface area contributed by atoms with Crippen molar-refractivity contribution in [2.45, 2.75) is 30.8 Å². The van der Waals surface area contributed by atoms with Gasteiger partial charge < -0.3 is 10.0 Å². The summed E-state index contributed by atoms with van der Waals surface area (Å²) in [5.74, 6) is 0. The number of nitrogens with zero attached hydrogens (tertiary/aromatic N) is 2. The summed E-state index contributed by atoms with van der Waals surface area (Å²) < 4.78 is 77.2. The first-order valence-corrected chi connectivity index (χ1v) is 6.79. The van der Waals surface area contributed by atoms with E-state index in [4.69, 9.17) is 0 Å². The highest BCUT2D eigenvalue weighted by Gasteiger charge is 2.71. The molecular weight excluding hydrogens is 346 g/mol. The molecule has 1 aromatic rings. The molecule has 0 saturated carbocycles. The molecule has 1 heterocycles. The molecular formula is C13H12F6N2O3. The Hall–Kier alpha value is -2.04. The van der Waals surface area contributed by atoms with Crippen LogP contribution in [0.3, 0.4) is 0 Å². The van der Waals surface area contributed by atoms with Crippen molar-refractivity contribution in [3.05, 3.63) is 33.9 Å². The van der Waals surface area contributed by atoms with Crippen LogP contribution in [-0.2, 0) is 5.60 Å². The molecule has 0 aliphatic carbocycles. The van der Waals surface area contributed by atoms with Crippen LogP contribution in [0.15, 0.2) is 18.2 Å². The van der Waals surface area contributed by atoms with Crippen LogP contribution in [-0.4, -0.2) is 35.5 Å². The van der Waals surface area contributed by atoms with Crippen LogP contribution < -0.4 is 4.90 Å². The molecule has 0 atom stereocenters. The van der Waals surface area contributed by atoms with Crippen LogP contribution in [0.25, 0.3) is 0 Å². The summed E-state index contributed by atoms with van der Waals surface area (Å²) in [5, 5.41) is 20.4. The first kappa shape index (κ1) is 18.3. The number of anilines is 1. The molecule has 1 N–H and O–H groups in total. The molecule has 1 aliphatic rings. The zero-order chi connectivity index (χ0) is 18.3. The molecule has 0 amide bonds. The normalized spacial score (nSPS) is 16.5. The number of hydrogen-bond acceptors (Lipinski definition) is 4. The van der Waals surface area contributed by atoms with Gasteiger partial charge in [0.25, 0.3) is 11.3 Å². The lowest BCUT2D eigenvalue weighted by atomic mass is 9.91. The maximum atomic E-state index is 12.9. The van der Waals surface area contributed by atoms with Gasteiger partial charge in [-0.1, -0.05) is 6.07 Å². The van der Waals surface area contributed by atoms with Gasteiger partial charge in [0, 0.05) is 24.7 Å². The quantitative estimate of drug-likeness (QED) is 0.510. The number of rotatable bonds is 3. The van der Waals surface area contributed by atoms with E-state index in [-0.39, 0.29) is 11.8 Å². The Balaban J connectivity index is 2.62. The average molecular weight is 358 g/mol. The summed E-state index contributed by atoms with van der Waals surface area (Å²) in [5.41, 5.74) is -7.82. The predicted molar refractivity (Wildman–Crippen MR) is 70.6 cm³/mol. The third-order valence-electron chi connectivity index (χ3n) is 3.86. The summed E-state index contributed by atoms with van der Waals surface area (Å²) in [7, 11) is 0. The Kier molecular flexibility index (Phi) is 4.42. The minimum absolute atomic E-state index is 0.0760. The van der Waals surface area contributed by atoms with E-state index in [1.165, 1.54) is 4.90 Å².